The number of aryl methyl sites for hydroxylation is 1. The van der Waals surface area contributed by atoms with Gasteiger partial charge >= 0.3 is 0 Å². The van der Waals surface area contributed by atoms with Gasteiger partial charge in [0.2, 0.25) is 0 Å². The highest BCUT2D eigenvalue weighted by atomic mass is 32.2. The number of carbonyl (C=O) groups excluding carboxylic acids is 1. The van der Waals surface area contributed by atoms with E-state index in [1.807, 2.05) is 19.1 Å². The Labute approximate surface area is 140 Å². The largest absolute Gasteiger partial charge is 0.294 e. The molecular formula is C19H15NO3S. The number of rotatable bonds is 2. The first-order valence-corrected chi connectivity index (χ1v) is 9.07. The molecule has 0 unspecified atom stereocenters. The first-order valence-electron chi connectivity index (χ1n) is 7.63. The summed E-state index contributed by atoms with van der Waals surface area (Å²) in [6, 6.07) is 14.0. The molecule has 0 atom stereocenters. The van der Waals surface area contributed by atoms with Crippen LogP contribution in [0.4, 0.5) is 5.69 Å². The van der Waals surface area contributed by atoms with Crippen LogP contribution in [-0.2, 0) is 14.8 Å². The van der Waals surface area contributed by atoms with Gasteiger partial charge < -0.3 is 0 Å². The van der Waals surface area contributed by atoms with Crippen LogP contribution in [-0.4, -0.2) is 14.2 Å². The van der Waals surface area contributed by atoms with Crippen LogP contribution in [0, 0.1) is 6.92 Å². The third kappa shape index (κ3) is 2.20. The molecule has 5 heteroatoms. The van der Waals surface area contributed by atoms with Gasteiger partial charge in [0.05, 0.1) is 10.6 Å². The number of para-hydroxylation sites is 1. The van der Waals surface area contributed by atoms with Crippen LogP contribution in [0.3, 0.4) is 0 Å². The third-order valence-corrected chi connectivity index (χ3v) is 5.99. The molecular weight excluding hydrogens is 322 g/mol. The Morgan fingerprint density at radius 3 is 2.46 bits per heavy atom. The molecule has 120 valence electrons. The van der Waals surface area contributed by atoms with Gasteiger partial charge in [-0.3, -0.25) is 4.79 Å². The van der Waals surface area contributed by atoms with Crippen molar-refractivity contribution in [3.63, 3.8) is 0 Å². The van der Waals surface area contributed by atoms with Gasteiger partial charge in [-0.1, -0.05) is 35.9 Å². The normalized spacial score (nSPS) is 16.4. The standard InChI is InChI=1S/C19H15NO3S/c1-13-6-8-16(9-7-13)24(22,23)20-12-14-10-15(21)11-18(14)17-4-2-3-5-19(17)20/h2-9,11-12H,10H2,1H3. The van der Waals surface area contributed by atoms with E-state index in [4.69, 9.17) is 0 Å². The van der Waals surface area contributed by atoms with Crippen molar-refractivity contribution < 1.29 is 13.2 Å². The first kappa shape index (κ1) is 14.9. The maximum Gasteiger partial charge on any atom is 0.268 e. The Morgan fingerprint density at radius 1 is 1.00 bits per heavy atom. The zero-order valence-corrected chi connectivity index (χ0v) is 13.9. The van der Waals surface area contributed by atoms with E-state index in [1.54, 1.807) is 48.7 Å². The molecule has 0 saturated heterocycles. The van der Waals surface area contributed by atoms with E-state index in [-0.39, 0.29) is 17.1 Å². The van der Waals surface area contributed by atoms with E-state index >= 15 is 0 Å². The number of carbonyl (C=O) groups is 1. The van der Waals surface area contributed by atoms with Crippen LogP contribution in [0.2, 0.25) is 0 Å². The summed E-state index contributed by atoms with van der Waals surface area (Å²) in [7, 11) is -3.73. The van der Waals surface area contributed by atoms with Crippen molar-refractivity contribution >= 4 is 27.1 Å². The summed E-state index contributed by atoms with van der Waals surface area (Å²) in [6.45, 7) is 1.91. The molecule has 0 aromatic heterocycles. The molecule has 4 rings (SSSR count). The zero-order valence-electron chi connectivity index (χ0n) is 13.1. The summed E-state index contributed by atoms with van der Waals surface area (Å²) in [5, 5.41) is 0. The van der Waals surface area contributed by atoms with E-state index in [1.165, 1.54) is 4.31 Å². The number of anilines is 1. The van der Waals surface area contributed by atoms with Crippen molar-refractivity contribution in [3.05, 3.63) is 77.5 Å². The molecule has 2 aromatic carbocycles. The summed E-state index contributed by atoms with van der Waals surface area (Å²) < 4.78 is 27.5. The van der Waals surface area contributed by atoms with Crippen molar-refractivity contribution in [1.82, 2.24) is 0 Å². The number of hydrogen-bond donors (Lipinski definition) is 0. The Hall–Kier alpha value is -2.66. The lowest BCUT2D eigenvalue weighted by Gasteiger charge is -2.28. The minimum Gasteiger partial charge on any atom is -0.294 e. The number of hydrogen-bond acceptors (Lipinski definition) is 3. The number of ketones is 1. The molecule has 0 fully saturated rings. The Bertz CT molecular complexity index is 1010. The third-order valence-electron chi connectivity index (χ3n) is 4.30. The number of nitrogens with zero attached hydrogens (tertiary/aromatic N) is 1. The quantitative estimate of drug-likeness (QED) is 0.843. The van der Waals surface area contributed by atoms with E-state index < -0.39 is 10.0 Å². The fourth-order valence-corrected chi connectivity index (χ4v) is 4.47. The maximum atomic E-state index is 13.1. The molecule has 24 heavy (non-hydrogen) atoms. The van der Waals surface area contributed by atoms with Gasteiger partial charge in [-0.25, -0.2) is 12.7 Å². The number of fused-ring (bicyclic) bond motifs is 3. The summed E-state index contributed by atoms with van der Waals surface area (Å²) >= 11 is 0. The highest BCUT2D eigenvalue weighted by Crippen LogP contribution is 2.43. The SMILES string of the molecule is Cc1ccc(S(=O)(=O)N2C=C3CC(=O)C=C3c3ccccc32)cc1. The highest BCUT2D eigenvalue weighted by Gasteiger charge is 2.33. The van der Waals surface area contributed by atoms with Gasteiger partial charge in [0.25, 0.3) is 10.0 Å². The Morgan fingerprint density at radius 2 is 1.71 bits per heavy atom. The lowest BCUT2D eigenvalue weighted by atomic mass is 9.97. The minimum atomic E-state index is -3.73. The van der Waals surface area contributed by atoms with Crippen LogP contribution in [0.5, 0.6) is 0 Å². The van der Waals surface area contributed by atoms with Crippen LogP contribution in [0.1, 0.15) is 17.5 Å². The van der Waals surface area contributed by atoms with Crippen molar-refractivity contribution in [3.8, 4) is 0 Å². The minimum absolute atomic E-state index is 0.000590. The molecule has 0 saturated carbocycles. The summed E-state index contributed by atoms with van der Waals surface area (Å²) in [5.74, 6) is 0.000590. The summed E-state index contributed by atoms with van der Waals surface area (Å²) in [6.07, 6.45) is 3.42. The average Bonchev–Trinajstić information content (AvgIpc) is 2.95. The van der Waals surface area contributed by atoms with E-state index in [2.05, 4.69) is 0 Å². The van der Waals surface area contributed by atoms with Crippen LogP contribution in [0.25, 0.3) is 5.57 Å². The predicted octanol–water partition coefficient (Wildman–Crippen LogP) is 3.44. The van der Waals surface area contributed by atoms with Crippen molar-refractivity contribution in [2.75, 3.05) is 4.31 Å². The highest BCUT2D eigenvalue weighted by molar-refractivity contribution is 7.93. The van der Waals surface area contributed by atoms with E-state index in [0.717, 1.165) is 22.3 Å². The molecule has 0 spiro atoms. The van der Waals surface area contributed by atoms with E-state index in [9.17, 15) is 13.2 Å². The monoisotopic (exact) mass is 337 g/mol. The molecule has 4 nitrogen and oxygen atoms in total. The Balaban J connectivity index is 1.91. The lowest BCUT2D eigenvalue weighted by molar-refractivity contribution is -0.113. The van der Waals surface area contributed by atoms with Crippen LogP contribution < -0.4 is 4.31 Å². The molecule has 0 N–H and O–H groups in total. The molecule has 1 aliphatic heterocycles. The fraction of sp³-hybridized carbons (Fsp3) is 0.105. The Kier molecular flexibility index (Phi) is 3.21. The van der Waals surface area contributed by atoms with E-state index in [0.29, 0.717) is 5.69 Å². The number of benzene rings is 2. The van der Waals surface area contributed by atoms with Gasteiger partial charge in [0, 0.05) is 18.2 Å². The fourth-order valence-electron chi connectivity index (χ4n) is 3.08. The van der Waals surface area contributed by atoms with Gasteiger partial charge in [0.15, 0.2) is 5.78 Å². The molecule has 2 aromatic rings. The molecule has 1 aliphatic carbocycles. The van der Waals surface area contributed by atoms with Crippen LogP contribution >= 0.6 is 0 Å². The van der Waals surface area contributed by atoms with Gasteiger partial charge in [-0.2, -0.15) is 0 Å². The lowest BCUT2D eigenvalue weighted by Crippen LogP contribution is -2.29. The maximum absolute atomic E-state index is 13.1. The van der Waals surface area contributed by atoms with Crippen LogP contribution in [0.15, 0.2) is 71.3 Å². The second-order valence-electron chi connectivity index (χ2n) is 5.99. The molecule has 0 radical (unpaired) electrons. The average molecular weight is 337 g/mol. The molecule has 1 heterocycles. The van der Waals surface area contributed by atoms with Crippen molar-refractivity contribution in [2.45, 2.75) is 18.2 Å². The van der Waals surface area contributed by atoms with Gasteiger partial charge in [-0.05, 0) is 42.3 Å². The topological polar surface area (TPSA) is 54.5 Å². The van der Waals surface area contributed by atoms with Crippen molar-refractivity contribution in [2.24, 2.45) is 0 Å². The second-order valence-corrected chi connectivity index (χ2v) is 7.80. The number of allylic oxidation sites excluding steroid dienone is 3. The first-order chi connectivity index (χ1) is 11.5. The summed E-state index contributed by atoms with van der Waals surface area (Å²) in [4.78, 5) is 12.0. The molecule has 0 bridgehead atoms. The number of sulfonamides is 1. The van der Waals surface area contributed by atoms with Crippen molar-refractivity contribution in [1.29, 1.82) is 0 Å². The summed E-state index contributed by atoms with van der Waals surface area (Å²) in [5.41, 5.74) is 3.91. The predicted molar refractivity (Wildman–Crippen MR) is 93.0 cm³/mol. The van der Waals surface area contributed by atoms with Gasteiger partial charge in [-0.15, -0.1) is 0 Å². The smallest absolute Gasteiger partial charge is 0.268 e. The zero-order chi connectivity index (χ0) is 16.9. The second kappa shape index (κ2) is 5.18. The van der Waals surface area contributed by atoms with Gasteiger partial charge in [0.1, 0.15) is 0 Å². The molecule has 0 amide bonds. The molecule has 2 aliphatic rings.